The van der Waals surface area contributed by atoms with E-state index in [-0.39, 0.29) is 6.61 Å². The van der Waals surface area contributed by atoms with E-state index in [1.54, 1.807) is 0 Å². The van der Waals surface area contributed by atoms with Crippen LogP contribution in [-0.4, -0.2) is 27.8 Å². The smallest absolute Gasteiger partial charge is 0.111 e. The van der Waals surface area contributed by atoms with Crippen LogP contribution in [0.4, 0.5) is 0 Å². The Bertz CT molecular complexity index is 464. The van der Waals surface area contributed by atoms with Gasteiger partial charge in [-0.1, -0.05) is 12.1 Å². The fourth-order valence-corrected chi connectivity index (χ4v) is 1.92. The molecule has 1 heterocycles. The lowest BCUT2D eigenvalue weighted by Gasteiger charge is -2.07. The van der Waals surface area contributed by atoms with E-state index in [0.29, 0.717) is 6.54 Å². The number of fused-ring (bicyclic) bond motifs is 1. The van der Waals surface area contributed by atoms with Crippen molar-refractivity contribution < 1.29 is 5.11 Å². The van der Waals surface area contributed by atoms with Gasteiger partial charge in [-0.25, -0.2) is 4.98 Å². The van der Waals surface area contributed by atoms with Crippen LogP contribution in [0.5, 0.6) is 0 Å². The molecule has 4 nitrogen and oxygen atoms in total. The van der Waals surface area contributed by atoms with Gasteiger partial charge in [0, 0.05) is 19.6 Å². The van der Waals surface area contributed by atoms with Gasteiger partial charge in [-0.05, 0) is 25.1 Å². The molecule has 2 aromatic rings. The Kier molecular flexibility index (Phi) is 3.54. The number of nitrogens with two attached hydrogens (primary N) is 1. The van der Waals surface area contributed by atoms with Crippen molar-refractivity contribution in [1.82, 2.24) is 9.55 Å². The van der Waals surface area contributed by atoms with Crippen molar-refractivity contribution in [1.29, 1.82) is 0 Å². The lowest BCUT2D eigenvalue weighted by Crippen LogP contribution is -2.10. The topological polar surface area (TPSA) is 64.1 Å². The van der Waals surface area contributed by atoms with E-state index >= 15 is 0 Å². The molecule has 16 heavy (non-hydrogen) atoms. The summed E-state index contributed by atoms with van der Waals surface area (Å²) in [6, 6.07) is 8.05. The van der Waals surface area contributed by atoms with E-state index in [4.69, 9.17) is 10.8 Å². The number of aromatic nitrogens is 2. The molecule has 4 heteroatoms. The first kappa shape index (κ1) is 11.1. The van der Waals surface area contributed by atoms with Gasteiger partial charge in [0.1, 0.15) is 5.82 Å². The third-order valence-corrected chi connectivity index (χ3v) is 2.64. The highest BCUT2D eigenvalue weighted by atomic mass is 16.3. The van der Waals surface area contributed by atoms with Crippen LogP contribution in [0.2, 0.25) is 0 Å². The van der Waals surface area contributed by atoms with Gasteiger partial charge in [0.15, 0.2) is 0 Å². The number of rotatable bonds is 5. The standard InChI is InChI=1S/C12H17N3O/c13-7-6-12-14-10-4-1-2-5-11(10)15(12)8-3-9-16/h1-2,4-5,16H,3,6-9,13H2. The molecular weight excluding hydrogens is 202 g/mol. The molecular formula is C12H17N3O. The van der Waals surface area contributed by atoms with Gasteiger partial charge in [-0.3, -0.25) is 0 Å². The van der Waals surface area contributed by atoms with E-state index in [1.807, 2.05) is 18.2 Å². The summed E-state index contributed by atoms with van der Waals surface area (Å²) < 4.78 is 2.15. The zero-order valence-electron chi connectivity index (χ0n) is 9.26. The average molecular weight is 219 g/mol. The zero-order chi connectivity index (χ0) is 11.4. The van der Waals surface area contributed by atoms with Crippen LogP contribution in [0, 0.1) is 0 Å². The highest BCUT2D eigenvalue weighted by Gasteiger charge is 2.08. The van der Waals surface area contributed by atoms with E-state index in [2.05, 4.69) is 15.6 Å². The minimum Gasteiger partial charge on any atom is -0.396 e. The second-order valence-corrected chi connectivity index (χ2v) is 3.78. The van der Waals surface area contributed by atoms with Crippen molar-refractivity contribution in [2.45, 2.75) is 19.4 Å². The number of benzene rings is 1. The van der Waals surface area contributed by atoms with Gasteiger partial charge in [0.25, 0.3) is 0 Å². The van der Waals surface area contributed by atoms with Crippen molar-refractivity contribution in [3.05, 3.63) is 30.1 Å². The predicted molar refractivity (Wildman–Crippen MR) is 64.2 cm³/mol. The number of aliphatic hydroxyl groups is 1. The van der Waals surface area contributed by atoms with Gasteiger partial charge in [0.05, 0.1) is 11.0 Å². The zero-order valence-corrected chi connectivity index (χ0v) is 9.26. The molecule has 1 aromatic heterocycles. The van der Waals surface area contributed by atoms with Crippen LogP contribution in [0.3, 0.4) is 0 Å². The number of aliphatic hydroxyl groups excluding tert-OH is 1. The largest absolute Gasteiger partial charge is 0.396 e. The van der Waals surface area contributed by atoms with Crippen LogP contribution < -0.4 is 5.73 Å². The lowest BCUT2D eigenvalue weighted by atomic mass is 10.3. The molecule has 0 bridgehead atoms. The van der Waals surface area contributed by atoms with Crippen LogP contribution in [0.15, 0.2) is 24.3 Å². The summed E-state index contributed by atoms with van der Waals surface area (Å²) in [5.41, 5.74) is 7.71. The Morgan fingerprint density at radius 1 is 1.31 bits per heavy atom. The second kappa shape index (κ2) is 5.09. The molecule has 0 atom stereocenters. The van der Waals surface area contributed by atoms with Crippen molar-refractivity contribution in [3.63, 3.8) is 0 Å². The van der Waals surface area contributed by atoms with E-state index < -0.39 is 0 Å². The molecule has 2 rings (SSSR count). The summed E-state index contributed by atoms with van der Waals surface area (Å²) in [5.74, 6) is 1.01. The first-order chi connectivity index (χ1) is 7.86. The van der Waals surface area contributed by atoms with Gasteiger partial charge in [0.2, 0.25) is 0 Å². The second-order valence-electron chi connectivity index (χ2n) is 3.78. The maximum atomic E-state index is 8.90. The van der Waals surface area contributed by atoms with E-state index in [1.165, 1.54) is 0 Å². The van der Waals surface area contributed by atoms with E-state index in [0.717, 1.165) is 36.2 Å². The van der Waals surface area contributed by atoms with Gasteiger partial charge >= 0.3 is 0 Å². The Morgan fingerprint density at radius 2 is 2.12 bits per heavy atom. The number of aryl methyl sites for hydroxylation is 1. The molecule has 0 saturated carbocycles. The minimum atomic E-state index is 0.203. The average Bonchev–Trinajstić information content (AvgIpc) is 2.65. The highest BCUT2D eigenvalue weighted by Crippen LogP contribution is 2.16. The quantitative estimate of drug-likeness (QED) is 0.786. The molecule has 0 aliphatic rings. The fraction of sp³-hybridized carbons (Fsp3) is 0.417. The number of para-hydroxylation sites is 2. The summed E-state index contributed by atoms with van der Waals surface area (Å²) in [4.78, 5) is 4.56. The first-order valence-corrected chi connectivity index (χ1v) is 5.62. The summed E-state index contributed by atoms with van der Waals surface area (Å²) in [6.45, 7) is 1.60. The molecule has 0 fully saturated rings. The van der Waals surface area contributed by atoms with Crippen molar-refractivity contribution in [3.8, 4) is 0 Å². The molecule has 0 aliphatic heterocycles. The molecule has 0 amide bonds. The lowest BCUT2D eigenvalue weighted by molar-refractivity contribution is 0.280. The van der Waals surface area contributed by atoms with Crippen molar-refractivity contribution in [2.75, 3.05) is 13.2 Å². The maximum absolute atomic E-state index is 8.90. The summed E-state index contributed by atoms with van der Waals surface area (Å²) in [7, 11) is 0. The monoisotopic (exact) mass is 219 g/mol. The molecule has 0 spiro atoms. The first-order valence-electron chi connectivity index (χ1n) is 5.62. The molecule has 0 radical (unpaired) electrons. The normalized spacial score (nSPS) is 11.1. The Balaban J connectivity index is 2.42. The van der Waals surface area contributed by atoms with Gasteiger partial charge < -0.3 is 15.4 Å². The van der Waals surface area contributed by atoms with Crippen molar-refractivity contribution in [2.24, 2.45) is 5.73 Å². The third-order valence-electron chi connectivity index (χ3n) is 2.64. The number of hydrogen-bond donors (Lipinski definition) is 2. The van der Waals surface area contributed by atoms with E-state index in [9.17, 15) is 0 Å². The maximum Gasteiger partial charge on any atom is 0.111 e. The Morgan fingerprint density at radius 3 is 2.88 bits per heavy atom. The SMILES string of the molecule is NCCc1nc2ccccc2n1CCCO. The third kappa shape index (κ3) is 2.08. The number of hydrogen-bond acceptors (Lipinski definition) is 3. The van der Waals surface area contributed by atoms with Crippen LogP contribution in [0.25, 0.3) is 11.0 Å². The molecule has 0 unspecified atom stereocenters. The Labute approximate surface area is 94.7 Å². The molecule has 3 N–H and O–H groups in total. The molecule has 0 aliphatic carbocycles. The van der Waals surface area contributed by atoms with Gasteiger partial charge in [-0.15, -0.1) is 0 Å². The van der Waals surface area contributed by atoms with Crippen molar-refractivity contribution >= 4 is 11.0 Å². The summed E-state index contributed by atoms with van der Waals surface area (Å²) in [5, 5.41) is 8.90. The summed E-state index contributed by atoms with van der Waals surface area (Å²) in [6.07, 6.45) is 1.53. The predicted octanol–water partition coefficient (Wildman–Crippen LogP) is 0.920. The molecule has 0 saturated heterocycles. The Hall–Kier alpha value is -1.39. The molecule has 86 valence electrons. The minimum absolute atomic E-state index is 0.203. The van der Waals surface area contributed by atoms with Crippen LogP contribution in [-0.2, 0) is 13.0 Å². The number of imidazole rings is 1. The van der Waals surface area contributed by atoms with Crippen LogP contribution in [0.1, 0.15) is 12.2 Å². The fourth-order valence-electron chi connectivity index (χ4n) is 1.92. The summed E-state index contributed by atoms with van der Waals surface area (Å²) >= 11 is 0. The number of nitrogens with zero attached hydrogens (tertiary/aromatic N) is 2. The van der Waals surface area contributed by atoms with Crippen LogP contribution >= 0.6 is 0 Å². The van der Waals surface area contributed by atoms with Gasteiger partial charge in [-0.2, -0.15) is 0 Å². The highest BCUT2D eigenvalue weighted by molar-refractivity contribution is 5.75. The molecule has 1 aromatic carbocycles.